The Morgan fingerprint density at radius 3 is 1.40 bits per heavy atom. The lowest BCUT2D eigenvalue weighted by Gasteiger charge is -2.23. The fourth-order valence-corrected chi connectivity index (χ4v) is 8.68. The molecule has 0 radical (unpaired) electrons. The summed E-state index contributed by atoms with van der Waals surface area (Å²) in [6, 6.07) is 15.0. The first-order valence-electron chi connectivity index (χ1n) is 29.6. The number of carbonyl (C=O) groups excluding carboxylic acids is 6. The van der Waals surface area contributed by atoms with Crippen LogP contribution < -0.4 is 27.0 Å². The number of nitrogens with two attached hydrogens (primary N) is 1. The number of ether oxygens (including phenoxy) is 3. The zero-order chi connectivity index (χ0) is 59.7. The molecule has 0 bridgehead atoms. The number of aliphatic imine (C=N–C) groups is 2. The average molecular weight is 1120 g/mol. The Bertz CT molecular complexity index is 2150. The maximum Gasteiger partial charge on any atom is 0.434 e. The number of nitrogens with zero attached hydrogens (tertiary/aromatic N) is 3. The van der Waals surface area contributed by atoms with Gasteiger partial charge in [-0.2, -0.15) is 9.98 Å². The molecule has 0 heterocycles. The minimum atomic E-state index is -0.871. The molecule has 80 heavy (non-hydrogen) atoms. The van der Waals surface area contributed by atoms with Crippen LogP contribution in [0.15, 0.2) is 58.5 Å². The summed E-state index contributed by atoms with van der Waals surface area (Å²) in [6.45, 7) is 28.0. The number of benzene rings is 2. The monoisotopic (exact) mass is 1120 g/mol. The number of anilines is 1. The summed E-state index contributed by atoms with van der Waals surface area (Å²) in [5.41, 5.74) is 9.13. The summed E-state index contributed by atoms with van der Waals surface area (Å²) < 4.78 is 16.1. The average Bonchev–Trinajstić information content (AvgIpc) is 3.34. The molecule has 0 unspecified atom stereocenters. The fourth-order valence-electron chi connectivity index (χ4n) is 8.68. The Hall–Kier alpha value is -5.68. The van der Waals surface area contributed by atoms with Crippen molar-refractivity contribution in [3.63, 3.8) is 0 Å². The SMILES string of the molecule is CC(CCCCC[C@H](C)C(=O)NCCCN(CCCNC(=O)[C@@H](C)CCCCCC(C)=NC(=O)OC(C)(C)C)CCCc1ccc(NC(=O)[C@H](Cc2ccc(CCCCN)cc2)NC(=O)OC(C)(C)C)cc1)=NC(=O)OC(C)(C)C. The van der Waals surface area contributed by atoms with E-state index in [1.807, 2.05) is 106 Å². The van der Waals surface area contributed by atoms with Crippen LogP contribution in [0.4, 0.5) is 20.1 Å². The number of rotatable bonds is 35. The largest absolute Gasteiger partial charge is 0.444 e. The maximum atomic E-state index is 13.7. The molecule has 6 amide bonds. The molecule has 17 heteroatoms. The zero-order valence-electron chi connectivity index (χ0n) is 51.4. The van der Waals surface area contributed by atoms with Crippen molar-refractivity contribution >= 4 is 53.1 Å². The van der Waals surface area contributed by atoms with Gasteiger partial charge in [0.2, 0.25) is 17.7 Å². The number of carbonyl (C=O) groups is 6. The third-order valence-electron chi connectivity index (χ3n) is 13.0. The number of unbranched alkanes of at least 4 members (excludes halogenated alkanes) is 5. The summed E-state index contributed by atoms with van der Waals surface area (Å²) in [6.07, 6.45) is 13.1. The van der Waals surface area contributed by atoms with Gasteiger partial charge in [0.05, 0.1) is 0 Å². The second kappa shape index (κ2) is 37.4. The molecule has 17 nitrogen and oxygen atoms in total. The molecule has 6 N–H and O–H groups in total. The molecule has 0 saturated carbocycles. The van der Waals surface area contributed by atoms with E-state index in [2.05, 4.69) is 48.3 Å². The number of hydrogen-bond donors (Lipinski definition) is 5. The van der Waals surface area contributed by atoms with E-state index in [1.165, 1.54) is 5.56 Å². The minimum absolute atomic E-state index is 0.0484. The molecule has 2 rings (SSSR count). The number of hydrogen-bond acceptors (Lipinski definition) is 11. The molecule has 0 fully saturated rings. The lowest BCUT2D eigenvalue weighted by atomic mass is 10.0. The summed E-state index contributed by atoms with van der Waals surface area (Å²) in [5, 5.41) is 12.1. The fraction of sp³-hybridized carbons (Fsp3) is 0.683. The van der Waals surface area contributed by atoms with Gasteiger partial charge in [-0.05, 0) is 215 Å². The molecular formula is C63H104N8O9. The molecule has 3 atom stereocenters. The van der Waals surface area contributed by atoms with E-state index in [9.17, 15) is 28.8 Å². The Morgan fingerprint density at radius 2 is 0.950 bits per heavy atom. The maximum absolute atomic E-state index is 13.7. The Kier molecular flexibility index (Phi) is 32.9. The zero-order valence-corrected chi connectivity index (χ0v) is 51.4. The Labute approximate surface area is 481 Å². The van der Waals surface area contributed by atoms with Crippen molar-refractivity contribution in [1.82, 2.24) is 20.9 Å². The van der Waals surface area contributed by atoms with Crippen LogP contribution >= 0.6 is 0 Å². The van der Waals surface area contributed by atoms with Crippen molar-refractivity contribution in [2.75, 3.05) is 44.6 Å². The molecule has 450 valence electrons. The van der Waals surface area contributed by atoms with Gasteiger partial charge in [0.15, 0.2) is 0 Å². The predicted octanol–water partition coefficient (Wildman–Crippen LogP) is 12.3. The summed E-state index contributed by atoms with van der Waals surface area (Å²) >= 11 is 0. The van der Waals surface area contributed by atoms with Gasteiger partial charge < -0.3 is 46.1 Å². The minimum Gasteiger partial charge on any atom is -0.444 e. The summed E-state index contributed by atoms with van der Waals surface area (Å²) in [5.74, 6) is -0.477. The second-order valence-electron chi connectivity index (χ2n) is 24.5. The number of alkyl carbamates (subject to hydrolysis) is 1. The van der Waals surface area contributed by atoms with Crippen LogP contribution in [-0.2, 0) is 47.9 Å². The van der Waals surface area contributed by atoms with Gasteiger partial charge in [0, 0.05) is 48.5 Å². The smallest absolute Gasteiger partial charge is 0.434 e. The van der Waals surface area contributed by atoms with E-state index in [0.29, 0.717) is 38.2 Å². The van der Waals surface area contributed by atoms with E-state index < -0.39 is 41.1 Å². The highest BCUT2D eigenvalue weighted by Crippen LogP contribution is 2.18. The first kappa shape index (κ1) is 70.4. The highest BCUT2D eigenvalue weighted by molar-refractivity contribution is 5.97. The van der Waals surface area contributed by atoms with Gasteiger partial charge in [-0.1, -0.05) is 75.9 Å². The van der Waals surface area contributed by atoms with Gasteiger partial charge in [-0.15, -0.1) is 0 Å². The first-order chi connectivity index (χ1) is 37.6. The van der Waals surface area contributed by atoms with Crippen molar-refractivity contribution < 1.29 is 43.0 Å². The molecule has 2 aromatic carbocycles. The molecule has 0 aliphatic carbocycles. The van der Waals surface area contributed by atoms with Gasteiger partial charge in [0.25, 0.3) is 0 Å². The third kappa shape index (κ3) is 35.1. The van der Waals surface area contributed by atoms with Crippen molar-refractivity contribution in [2.24, 2.45) is 27.6 Å². The molecule has 0 saturated heterocycles. The van der Waals surface area contributed by atoms with E-state index >= 15 is 0 Å². The quantitative estimate of drug-likeness (QED) is 0.0247. The second-order valence-corrected chi connectivity index (χ2v) is 24.5. The summed E-state index contributed by atoms with van der Waals surface area (Å²) in [4.78, 5) is 87.3. The Morgan fingerprint density at radius 1 is 0.525 bits per heavy atom. The van der Waals surface area contributed by atoms with Gasteiger partial charge >= 0.3 is 18.3 Å². The molecule has 2 aromatic rings. The van der Waals surface area contributed by atoms with Crippen LogP contribution in [0.25, 0.3) is 0 Å². The van der Waals surface area contributed by atoms with Crippen LogP contribution in [0.1, 0.15) is 203 Å². The molecular weight excluding hydrogens is 1010 g/mol. The van der Waals surface area contributed by atoms with Crippen LogP contribution in [0.5, 0.6) is 0 Å². The van der Waals surface area contributed by atoms with Crippen LogP contribution in [-0.4, -0.2) is 114 Å². The predicted molar refractivity (Wildman–Crippen MR) is 324 cm³/mol. The van der Waals surface area contributed by atoms with Crippen molar-refractivity contribution in [1.29, 1.82) is 0 Å². The molecule has 0 aromatic heterocycles. The third-order valence-corrected chi connectivity index (χ3v) is 13.0. The topological polar surface area (TPSA) is 232 Å². The van der Waals surface area contributed by atoms with Crippen molar-refractivity contribution in [3.8, 4) is 0 Å². The van der Waals surface area contributed by atoms with Crippen molar-refractivity contribution in [2.45, 2.75) is 228 Å². The highest BCUT2D eigenvalue weighted by atomic mass is 16.6. The van der Waals surface area contributed by atoms with E-state index in [1.54, 1.807) is 20.8 Å². The van der Waals surface area contributed by atoms with Crippen LogP contribution in [0.2, 0.25) is 0 Å². The molecule has 0 spiro atoms. The first-order valence-corrected chi connectivity index (χ1v) is 29.6. The van der Waals surface area contributed by atoms with Crippen molar-refractivity contribution in [3.05, 3.63) is 65.2 Å². The highest BCUT2D eigenvalue weighted by Gasteiger charge is 2.26. The van der Waals surface area contributed by atoms with Crippen LogP contribution in [0, 0.1) is 11.8 Å². The molecule has 0 aliphatic rings. The standard InChI is InChI=1S/C63H104N8O9/c1-46(25-16-14-18-27-48(3)67-58(75)78-61(5,6)7)55(72)65-40-23-43-71(44-24-41-66-56(73)47(2)26-17-15-19-28-49(4)68-59(76)79-62(8,9)10)42-22-30-51-35-37-53(38-36-51)69-57(74)54(70-60(77)80-63(11,12)13)45-52-33-31-50(32-34-52)29-20-21-39-64/h31-38,46-47,54H,14-30,39-45,64H2,1-13H3,(H,65,72)(H,66,73)(H,69,74)(H,70,77)/t46-,47-,54-/m0/s1. The van der Waals surface area contributed by atoms with E-state index in [0.717, 1.165) is 138 Å². The number of aryl methyl sites for hydroxylation is 2. The summed E-state index contributed by atoms with van der Waals surface area (Å²) in [7, 11) is 0. The number of nitrogens with one attached hydrogen (secondary N) is 4. The lowest BCUT2D eigenvalue weighted by Crippen LogP contribution is -2.47. The van der Waals surface area contributed by atoms with Gasteiger partial charge in [-0.25, -0.2) is 14.4 Å². The normalized spacial score (nSPS) is 13.5. The Balaban J connectivity index is 1.98. The lowest BCUT2D eigenvalue weighted by molar-refractivity contribution is -0.125. The van der Waals surface area contributed by atoms with E-state index in [-0.39, 0.29) is 36.0 Å². The van der Waals surface area contributed by atoms with E-state index in [4.69, 9.17) is 19.9 Å². The molecule has 0 aliphatic heterocycles. The van der Waals surface area contributed by atoms with Crippen LogP contribution in [0.3, 0.4) is 0 Å². The van der Waals surface area contributed by atoms with Gasteiger partial charge in [-0.3, -0.25) is 14.4 Å². The number of amides is 6. The van der Waals surface area contributed by atoms with Gasteiger partial charge in [0.1, 0.15) is 22.8 Å².